The van der Waals surface area contributed by atoms with Crippen LogP contribution in [0.2, 0.25) is 0 Å². The van der Waals surface area contributed by atoms with E-state index in [1.807, 2.05) is 6.07 Å². The molecule has 2 aromatic carbocycles. The molecule has 1 aliphatic rings. The van der Waals surface area contributed by atoms with E-state index in [0.29, 0.717) is 6.16 Å². The van der Waals surface area contributed by atoms with E-state index in [1.54, 1.807) is 0 Å². The summed E-state index contributed by atoms with van der Waals surface area (Å²) >= 11 is 4.26. The van der Waals surface area contributed by atoms with Crippen LogP contribution < -0.4 is 5.32 Å². The number of amides is 1. The summed E-state index contributed by atoms with van der Waals surface area (Å²) in [6.07, 6.45) is 7.73. The Kier molecular flexibility index (Phi) is 5.89. The van der Waals surface area contributed by atoms with Gasteiger partial charge in [0.05, 0.1) is 0 Å². The van der Waals surface area contributed by atoms with Crippen LogP contribution >= 0.6 is 20.8 Å². The second-order valence-corrected chi connectivity index (χ2v) is 19.1. The van der Waals surface area contributed by atoms with Gasteiger partial charge in [0.15, 0.2) is 0 Å². The predicted molar refractivity (Wildman–Crippen MR) is 119 cm³/mol. The van der Waals surface area contributed by atoms with Crippen molar-refractivity contribution in [3.63, 3.8) is 0 Å². The molecule has 26 heavy (non-hydrogen) atoms. The molecule has 0 saturated carbocycles. The third-order valence-electron chi connectivity index (χ3n) is 5.64. The zero-order valence-electron chi connectivity index (χ0n) is 15.8. The average molecular weight is 434 g/mol. The van der Waals surface area contributed by atoms with Gasteiger partial charge in [0.25, 0.3) is 0 Å². The van der Waals surface area contributed by atoms with Crippen LogP contribution in [-0.2, 0) is 11.0 Å². The third-order valence-corrected chi connectivity index (χ3v) is 14.4. The van der Waals surface area contributed by atoms with Gasteiger partial charge in [-0.3, -0.25) is 0 Å². The molecule has 1 fully saturated rings. The molecule has 0 unspecified atom stereocenters. The summed E-state index contributed by atoms with van der Waals surface area (Å²) in [6, 6.07) is 16.8. The molecule has 2 aromatic rings. The van der Waals surface area contributed by atoms with Gasteiger partial charge in [-0.25, -0.2) is 0 Å². The van der Waals surface area contributed by atoms with E-state index in [9.17, 15) is 4.79 Å². The van der Waals surface area contributed by atoms with Crippen molar-refractivity contribution in [3.8, 4) is 0 Å². The first-order valence-corrected chi connectivity index (χ1v) is 14.5. The number of nitrogens with one attached hydrogen (secondary N) is 1. The zero-order chi connectivity index (χ0) is 18.6. The zero-order valence-corrected chi connectivity index (χ0v) is 18.3. The third kappa shape index (κ3) is 4.56. The van der Waals surface area contributed by atoms with Crippen molar-refractivity contribution in [2.75, 3.05) is 23.8 Å². The van der Waals surface area contributed by atoms with Crippen molar-refractivity contribution in [2.24, 2.45) is 0 Å². The Labute approximate surface area is 165 Å². The predicted octanol–water partition coefficient (Wildman–Crippen LogP) is 6.49. The van der Waals surface area contributed by atoms with Crippen LogP contribution in [-0.4, -0.2) is 24.4 Å². The number of para-hydroxylation sites is 1. The molecule has 0 radical (unpaired) electrons. The van der Waals surface area contributed by atoms with Gasteiger partial charge >= 0.3 is 165 Å². The van der Waals surface area contributed by atoms with E-state index in [2.05, 4.69) is 77.1 Å². The minimum atomic E-state index is -2.27. The van der Waals surface area contributed by atoms with E-state index in [-0.39, 0.29) is 5.91 Å². The van der Waals surface area contributed by atoms with Gasteiger partial charge in [0.2, 0.25) is 0 Å². The number of carbonyl (C=O) groups is 1. The molecular weight excluding hydrogens is 405 g/mol. The first-order valence-electron chi connectivity index (χ1n) is 9.50. The molecule has 3 rings (SSSR count). The summed E-state index contributed by atoms with van der Waals surface area (Å²) in [5.41, 5.74) is 4.59. The molecular formula is C22H29BrNOP. The van der Waals surface area contributed by atoms with Crippen molar-refractivity contribution in [1.82, 2.24) is 0 Å². The molecule has 1 aliphatic heterocycles. The van der Waals surface area contributed by atoms with Crippen molar-refractivity contribution < 1.29 is 4.79 Å². The van der Waals surface area contributed by atoms with Crippen LogP contribution in [0.5, 0.6) is 0 Å². The SMILES string of the molecule is Cc1cccc(C)c1NC(=O)CP1(Br)(Cc2ccccc2)CCCCC1. The molecule has 4 heteroatoms. The second-order valence-electron chi connectivity index (χ2n) is 7.94. The molecule has 0 aliphatic carbocycles. The Bertz CT molecular complexity index is 764. The summed E-state index contributed by atoms with van der Waals surface area (Å²) in [5, 5.41) is 0.959. The number of rotatable bonds is 5. The first-order chi connectivity index (χ1) is 12.4. The van der Waals surface area contributed by atoms with Crippen molar-refractivity contribution in [2.45, 2.75) is 39.3 Å². The first kappa shape index (κ1) is 19.6. The normalized spacial score (nSPS) is 19.9. The van der Waals surface area contributed by atoms with Gasteiger partial charge in [0.1, 0.15) is 0 Å². The number of benzene rings is 2. The van der Waals surface area contributed by atoms with Gasteiger partial charge in [-0.2, -0.15) is 0 Å². The Morgan fingerprint density at radius 1 is 0.962 bits per heavy atom. The summed E-state index contributed by atoms with van der Waals surface area (Å²) in [7, 11) is 0. The Morgan fingerprint density at radius 2 is 1.58 bits per heavy atom. The Hall–Kier alpha value is -1.18. The fourth-order valence-electron chi connectivity index (χ4n) is 4.26. The standard InChI is InChI=1S/C22H29BrNOP/c1-18-10-9-11-19(2)22(18)24-21(25)17-26(23,14-7-4-8-15-26)16-20-12-5-3-6-13-20/h3,5-6,9-13H,4,7-8,14-17H2,1-2H3,(H,24,25). The van der Waals surface area contributed by atoms with Crippen LogP contribution in [0.1, 0.15) is 36.0 Å². The fourth-order valence-corrected chi connectivity index (χ4v) is 12.2. The van der Waals surface area contributed by atoms with Crippen molar-refractivity contribution >= 4 is 32.4 Å². The number of hydrogen-bond acceptors (Lipinski definition) is 1. The summed E-state index contributed by atoms with van der Waals surface area (Å²) in [5.74, 6) is 0.162. The molecule has 1 saturated heterocycles. The van der Waals surface area contributed by atoms with Crippen LogP contribution in [0, 0.1) is 13.8 Å². The Morgan fingerprint density at radius 3 is 2.19 bits per heavy atom. The van der Waals surface area contributed by atoms with E-state index >= 15 is 0 Å². The summed E-state index contributed by atoms with van der Waals surface area (Å²) in [6.45, 7) is 4.12. The van der Waals surface area contributed by atoms with Crippen LogP contribution in [0.3, 0.4) is 0 Å². The van der Waals surface area contributed by atoms with E-state index in [0.717, 1.165) is 23.0 Å². The van der Waals surface area contributed by atoms with E-state index in [1.165, 1.54) is 37.1 Å². The number of carbonyl (C=O) groups excluding carboxylic acids is 1. The number of aryl methyl sites for hydroxylation is 2. The number of halogens is 1. The van der Waals surface area contributed by atoms with E-state index < -0.39 is 5.31 Å². The molecule has 1 amide bonds. The molecule has 0 aromatic heterocycles. The summed E-state index contributed by atoms with van der Waals surface area (Å²) in [4.78, 5) is 13.1. The van der Waals surface area contributed by atoms with Gasteiger partial charge in [-0.1, -0.05) is 0 Å². The van der Waals surface area contributed by atoms with Gasteiger partial charge in [0, 0.05) is 0 Å². The minimum absolute atomic E-state index is 0.162. The fraction of sp³-hybridized carbons (Fsp3) is 0.409. The molecule has 0 spiro atoms. The average Bonchev–Trinajstić information content (AvgIpc) is 2.59. The monoisotopic (exact) mass is 433 g/mol. The molecule has 0 atom stereocenters. The molecule has 1 N–H and O–H groups in total. The molecule has 1 heterocycles. The maximum absolute atomic E-state index is 13.1. The van der Waals surface area contributed by atoms with Gasteiger partial charge < -0.3 is 0 Å². The Balaban J connectivity index is 1.83. The van der Waals surface area contributed by atoms with Crippen LogP contribution in [0.25, 0.3) is 0 Å². The van der Waals surface area contributed by atoms with Gasteiger partial charge in [-0.15, -0.1) is 0 Å². The van der Waals surface area contributed by atoms with Crippen molar-refractivity contribution in [3.05, 3.63) is 65.2 Å². The topological polar surface area (TPSA) is 29.1 Å². The van der Waals surface area contributed by atoms with Crippen LogP contribution in [0.15, 0.2) is 48.5 Å². The number of hydrogen-bond donors (Lipinski definition) is 1. The quantitative estimate of drug-likeness (QED) is 0.536. The molecule has 140 valence electrons. The second kappa shape index (κ2) is 7.82. The molecule has 0 bridgehead atoms. The maximum atomic E-state index is 13.1. The van der Waals surface area contributed by atoms with Crippen molar-refractivity contribution in [1.29, 1.82) is 0 Å². The molecule has 2 nitrogen and oxygen atoms in total. The number of anilines is 1. The van der Waals surface area contributed by atoms with Crippen LogP contribution in [0.4, 0.5) is 5.69 Å². The van der Waals surface area contributed by atoms with Gasteiger partial charge in [-0.05, 0) is 0 Å². The van der Waals surface area contributed by atoms with E-state index in [4.69, 9.17) is 0 Å². The summed E-state index contributed by atoms with van der Waals surface area (Å²) < 4.78 is 0.